The number of nitrogens with one attached hydrogen (secondary N) is 1. The van der Waals surface area contributed by atoms with Gasteiger partial charge in [-0.1, -0.05) is 62.4 Å². The zero-order chi connectivity index (χ0) is 16.1. The molecule has 0 radical (unpaired) electrons. The van der Waals surface area contributed by atoms with Crippen molar-refractivity contribution in [3.8, 4) is 11.1 Å². The molecule has 0 bridgehead atoms. The lowest BCUT2D eigenvalue weighted by Gasteiger charge is -2.23. The van der Waals surface area contributed by atoms with Gasteiger partial charge in [0.15, 0.2) is 0 Å². The molecule has 1 aliphatic rings. The highest BCUT2D eigenvalue weighted by Crippen LogP contribution is 2.53. The Labute approximate surface area is 140 Å². The maximum Gasteiger partial charge on any atom is 0.0477 e. The lowest BCUT2D eigenvalue weighted by molar-refractivity contribution is 0.666. The Bertz CT molecular complexity index is 1270. The number of benzene rings is 4. The van der Waals surface area contributed by atoms with Gasteiger partial charge in [-0.3, -0.25) is 0 Å². The summed E-state index contributed by atoms with van der Waals surface area (Å²) in [6.07, 6.45) is 0. The van der Waals surface area contributed by atoms with Crippen molar-refractivity contribution in [3.63, 3.8) is 0 Å². The van der Waals surface area contributed by atoms with E-state index in [2.05, 4.69) is 79.5 Å². The van der Waals surface area contributed by atoms with Gasteiger partial charge in [0.05, 0.1) is 0 Å². The molecular weight excluding hydrogens is 290 g/mol. The third-order valence-corrected chi connectivity index (χ3v) is 5.93. The van der Waals surface area contributed by atoms with Crippen LogP contribution in [0.4, 0.5) is 0 Å². The summed E-state index contributed by atoms with van der Waals surface area (Å²) < 4.78 is 0. The highest BCUT2D eigenvalue weighted by atomic mass is 14.7. The van der Waals surface area contributed by atoms with Gasteiger partial charge in [-0.25, -0.2) is 0 Å². The van der Waals surface area contributed by atoms with Crippen molar-refractivity contribution in [1.29, 1.82) is 0 Å². The summed E-state index contributed by atoms with van der Waals surface area (Å²) in [6.45, 7) is 4.72. The Hall–Kier alpha value is -2.80. The minimum atomic E-state index is 0.0374. The van der Waals surface area contributed by atoms with E-state index < -0.39 is 0 Å². The van der Waals surface area contributed by atoms with E-state index in [0.717, 1.165) is 0 Å². The molecule has 114 valence electrons. The standard InChI is InChI=1S/C23H17N/c1-23(2)17-8-4-3-7-14(17)16-12-19-21-15(22(16)23)11-10-13-6-5-9-18(24-19)20(13)21/h3-12,24H,1-2H3. The Morgan fingerprint density at radius 3 is 2.54 bits per heavy atom. The average molecular weight is 307 g/mol. The molecule has 0 saturated carbocycles. The van der Waals surface area contributed by atoms with Gasteiger partial charge in [-0.2, -0.15) is 0 Å². The molecule has 1 nitrogen and oxygen atoms in total. The fourth-order valence-corrected chi connectivity index (χ4v) is 4.93. The summed E-state index contributed by atoms with van der Waals surface area (Å²) in [7, 11) is 0. The van der Waals surface area contributed by atoms with Crippen LogP contribution in [0.2, 0.25) is 0 Å². The lowest BCUT2D eigenvalue weighted by atomic mass is 9.80. The fraction of sp³-hybridized carbons (Fsp3) is 0.130. The summed E-state index contributed by atoms with van der Waals surface area (Å²) in [5, 5.41) is 5.48. The Morgan fingerprint density at radius 2 is 1.62 bits per heavy atom. The van der Waals surface area contributed by atoms with Crippen molar-refractivity contribution in [2.24, 2.45) is 0 Å². The molecule has 1 aromatic heterocycles. The van der Waals surface area contributed by atoms with E-state index in [-0.39, 0.29) is 5.41 Å². The van der Waals surface area contributed by atoms with Crippen LogP contribution < -0.4 is 0 Å². The smallest absolute Gasteiger partial charge is 0.0477 e. The first-order chi connectivity index (χ1) is 11.7. The van der Waals surface area contributed by atoms with Crippen LogP contribution in [0.1, 0.15) is 25.0 Å². The zero-order valence-corrected chi connectivity index (χ0v) is 13.8. The molecule has 0 saturated heterocycles. The van der Waals surface area contributed by atoms with Crippen LogP contribution in [0.25, 0.3) is 43.7 Å². The van der Waals surface area contributed by atoms with Gasteiger partial charge < -0.3 is 4.98 Å². The van der Waals surface area contributed by atoms with Crippen LogP contribution in [0.15, 0.2) is 60.7 Å². The second-order valence-corrected chi connectivity index (χ2v) is 7.53. The van der Waals surface area contributed by atoms with Crippen LogP contribution in [0.5, 0.6) is 0 Å². The molecular formula is C23H17N. The number of H-pyrrole nitrogens is 1. The maximum absolute atomic E-state index is 3.65. The van der Waals surface area contributed by atoms with E-state index in [1.807, 2.05) is 0 Å². The molecule has 0 spiro atoms. The third kappa shape index (κ3) is 1.25. The van der Waals surface area contributed by atoms with Gasteiger partial charge in [0.25, 0.3) is 0 Å². The Kier molecular flexibility index (Phi) is 2.00. The second-order valence-electron chi connectivity index (χ2n) is 7.53. The number of aromatic nitrogens is 1. The first kappa shape index (κ1) is 12.6. The van der Waals surface area contributed by atoms with Crippen molar-refractivity contribution < 1.29 is 0 Å². The SMILES string of the molecule is CC1(C)c2ccccc2-c2cc3[nH]c4cccc5ccc(c21)c3c54. The van der Waals surface area contributed by atoms with E-state index in [1.54, 1.807) is 0 Å². The molecule has 0 fully saturated rings. The van der Waals surface area contributed by atoms with Gasteiger partial charge in [0, 0.05) is 27.2 Å². The van der Waals surface area contributed by atoms with Crippen LogP contribution in [-0.2, 0) is 5.41 Å². The molecule has 24 heavy (non-hydrogen) atoms. The minimum Gasteiger partial charge on any atom is -0.354 e. The molecule has 1 aliphatic carbocycles. The minimum absolute atomic E-state index is 0.0374. The second kappa shape index (κ2) is 3.81. The predicted octanol–water partition coefficient (Wildman–Crippen LogP) is 6.22. The number of fused-ring (bicyclic) bond motifs is 4. The molecule has 1 heteroatoms. The van der Waals surface area contributed by atoms with Crippen molar-refractivity contribution in [3.05, 3.63) is 71.8 Å². The Morgan fingerprint density at radius 1 is 0.750 bits per heavy atom. The molecule has 0 atom stereocenters. The van der Waals surface area contributed by atoms with E-state index in [9.17, 15) is 0 Å². The quantitative estimate of drug-likeness (QED) is 0.327. The molecule has 1 N–H and O–H groups in total. The van der Waals surface area contributed by atoms with Gasteiger partial charge in [0.1, 0.15) is 0 Å². The van der Waals surface area contributed by atoms with E-state index >= 15 is 0 Å². The number of aromatic amines is 1. The first-order valence-electron chi connectivity index (χ1n) is 8.56. The number of hydrogen-bond donors (Lipinski definition) is 1. The van der Waals surface area contributed by atoms with E-state index in [4.69, 9.17) is 0 Å². The summed E-state index contributed by atoms with van der Waals surface area (Å²) >= 11 is 0. The van der Waals surface area contributed by atoms with Crippen molar-refractivity contribution >= 4 is 32.6 Å². The van der Waals surface area contributed by atoms with Gasteiger partial charge in [-0.15, -0.1) is 0 Å². The summed E-state index contributed by atoms with van der Waals surface area (Å²) in [5.41, 5.74) is 8.21. The van der Waals surface area contributed by atoms with E-state index in [0.29, 0.717) is 0 Å². The summed E-state index contributed by atoms with van der Waals surface area (Å²) in [6, 6.07) is 22.4. The third-order valence-electron chi connectivity index (χ3n) is 5.93. The largest absolute Gasteiger partial charge is 0.354 e. The van der Waals surface area contributed by atoms with Crippen molar-refractivity contribution in [1.82, 2.24) is 4.98 Å². The monoisotopic (exact) mass is 307 g/mol. The van der Waals surface area contributed by atoms with Crippen LogP contribution in [-0.4, -0.2) is 4.98 Å². The van der Waals surface area contributed by atoms with Gasteiger partial charge in [-0.05, 0) is 45.2 Å². The highest BCUT2D eigenvalue weighted by Gasteiger charge is 2.37. The summed E-state index contributed by atoms with van der Waals surface area (Å²) in [4.78, 5) is 3.65. The topological polar surface area (TPSA) is 15.8 Å². The molecule has 1 heterocycles. The lowest BCUT2D eigenvalue weighted by Crippen LogP contribution is -2.15. The van der Waals surface area contributed by atoms with E-state index in [1.165, 1.54) is 54.8 Å². The Balaban J connectivity index is 1.91. The highest BCUT2D eigenvalue weighted by molar-refractivity contribution is 6.25. The number of rotatable bonds is 0. The van der Waals surface area contributed by atoms with Crippen LogP contribution in [0, 0.1) is 0 Å². The molecule has 0 unspecified atom stereocenters. The van der Waals surface area contributed by atoms with Crippen LogP contribution in [0.3, 0.4) is 0 Å². The zero-order valence-electron chi connectivity index (χ0n) is 13.8. The van der Waals surface area contributed by atoms with Gasteiger partial charge >= 0.3 is 0 Å². The first-order valence-corrected chi connectivity index (χ1v) is 8.56. The molecule has 4 aromatic carbocycles. The molecule has 5 aromatic rings. The molecule has 6 rings (SSSR count). The molecule has 0 aliphatic heterocycles. The van der Waals surface area contributed by atoms with Crippen molar-refractivity contribution in [2.45, 2.75) is 19.3 Å². The fourth-order valence-electron chi connectivity index (χ4n) is 4.93. The number of hydrogen-bond acceptors (Lipinski definition) is 0. The van der Waals surface area contributed by atoms with Gasteiger partial charge in [0.2, 0.25) is 0 Å². The van der Waals surface area contributed by atoms with Crippen molar-refractivity contribution in [2.75, 3.05) is 0 Å². The normalized spacial score (nSPS) is 15.4. The predicted molar refractivity (Wildman–Crippen MR) is 102 cm³/mol. The van der Waals surface area contributed by atoms with Crippen LogP contribution >= 0.6 is 0 Å². The maximum atomic E-state index is 3.65. The summed E-state index contributed by atoms with van der Waals surface area (Å²) in [5.74, 6) is 0. The average Bonchev–Trinajstić information content (AvgIpc) is 3.08. The molecule has 0 amide bonds.